The van der Waals surface area contributed by atoms with E-state index in [1.807, 2.05) is 0 Å². The number of nitrogens with one attached hydrogen (secondary N) is 2. The van der Waals surface area contributed by atoms with E-state index in [1.54, 1.807) is 0 Å². The fraction of sp³-hybridized carbons (Fsp3) is 0.900. The molecule has 0 saturated carbocycles. The minimum atomic E-state index is 0.0128. The Hall–Kier alpha value is -0.610. The van der Waals surface area contributed by atoms with E-state index in [0.29, 0.717) is 24.4 Å². The summed E-state index contributed by atoms with van der Waals surface area (Å²) < 4.78 is 0. The molecular weight excluding hydrogens is 180 g/mol. The lowest BCUT2D eigenvalue weighted by Gasteiger charge is -2.28. The second-order valence-electron chi connectivity index (χ2n) is 4.41. The fourth-order valence-corrected chi connectivity index (χ4v) is 2.76. The normalized spacial score (nSPS) is 35.6. The first kappa shape index (κ1) is 9.93. The van der Waals surface area contributed by atoms with E-state index >= 15 is 0 Å². The van der Waals surface area contributed by atoms with Gasteiger partial charge in [-0.05, 0) is 31.6 Å². The molecule has 1 amide bonds. The average molecular weight is 198 g/mol. The Kier molecular flexibility index (Phi) is 3.03. The first-order valence-electron chi connectivity index (χ1n) is 5.36. The number of fused-ring (bicyclic) bond motifs is 2. The van der Waals surface area contributed by atoms with Crippen molar-refractivity contribution in [1.29, 1.82) is 0 Å². The lowest BCUT2D eigenvalue weighted by Crippen LogP contribution is -2.39. The minimum Gasteiger partial charge on any atom is -0.311 e. The van der Waals surface area contributed by atoms with Crippen molar-refractivity contribution in [2.24, 2.45) is 5.92 Å². The van der Waals surface area contributed by atoms with Gasteiger partial charge < -0.3 is 5.32 Å². The number of hydrogen-bond donors (Lipinski definition) is 2. The van der Waals surface area contributed by atoms with Crippen LogP contribution >= 0.6 is 0 Å². The van der Waals surface area contributed by atoms with E-state index in [1.165, 1.54) is 20.0 Å². The Balaban J connectivity index is 1.79. The Morgan fingerprint density at radius 3 is 2.64 bits per heavy atom. The highest BCUT2D eigenvalue weighted by atomic mass is 16.6. The van der Waals surface area contributed by atoms with Crippen molar-refractivity contribution in [2.75, 3.05) is 7.11 Å². The van der Waals surface area contributed by atoms with Crippen LogP contribution in [0.3, 0.4) is 0 Å². The third kappa shape index (κ3) is 2.25. The summed E-state index contributed by atoms with van der Waals surface area (Å²) in [6.07, 6.45) is 5.48. The van der Waals surface area contributed by atoms with Crippen molar-refractivity contribution in [2.45, 2.75) is 44.2 Å². The van der Waals surface area contributed by atoms with E-state index in [2.05, 4.69) is 15.6 Å². The summed E-state index contributed by atoms with van der Waals surface area (Å²) in [4.78, 5) is 15.9. The summed E-state index contributed by atoms with van der Waals surface area (Å²) in [5, 5.41) is 3.56. The predicted octanol–water partition coefficient (Wildman–Crippen LogP) is 0.585. The molecule has 14 heavy (non-hydrogen) atoms. The van der Waals surface area contributed by atoms with Crippen LogP contribution in [0.1, 0.15) is 32.1 Å². The molecule has 2 aliphatic rings. The molecule has 0 aromatic heterocycles. The van der Waals surface area contributed by atoms with Gasteiger partial charge in [-0.15, -0.1) is 0 Å². The third-order valence-electron chi connectivity index (χ3n) is 3.26. The number of amides is 1. The average Bonchev–Trinajstić information content (AvgIpc) is 2.46. The third-order valence-corrected chi connectivity index (χ3v) is 3.26. The van der Waals surface area contributed by atoms with E-state index in [0.717, 1.165) is 12.8 Å². The highest BCUT2D eigenvalue weighted by molar-refractivity contribution is 5.75. The zero-order valence-electron chi connectivity index (χ0n) is 8.58. The molecule has 2 fully saturated rings. The highest BCUT2D eigenvalue weighted by Gasteiger charge is 2.34. The summed E-state index contributed by atoms with van der Waals surface area (Å²) in [5.74, 6) is 0.558. The molecule has 4 heteroatoms. The smallest absolute Gasteiger partial charge is 0.243 e. The van der Waals surface area contributed by atoms with Gasteiger partial charge in [0.2, 0.25) is 5.91 Å². The van der Waals surface area contributed by atoms with Gasteiger partial charge in [0.15, 0.2) is 0 Å². The number of rotatable bonds is 3. The fourth-order valence-electron chi connectivity index (χ4n) is 2.76. The summed E-state index contributed by atoms with van der Waals surface area (Å²) in [5.41, 5.74) is 2.38. The van der Waals surface area contributed by atoms with E-state index < -0.39 is 0 Å². The molecule has 0 aliphatic carbocycles. The SMILES string of the molecule is CONC(=O)CC1CC2CCC(C1)N2. The highest BCUT2D eigenvalue weighted by Crippen LogP contribution is 2.32. The summed E-state index contributed by atoms with van der Waals surface area (Å²) >= 11 is 0. The molecule has 2 aliphatic heterocycles. The molecule has 2 atom stereocenters. The molecule has 80 valence electrons. The van der Waals surface area contributed by atoms with Crippen molar-refractivity contribution in [1.82, 2.24) is 10.8 Å². The molecule has 2 heterocycles. The van der Waals surface area contributed by atoms with Crippen molar-refractivity contribution < 1.29 is 9.63 Å². The number of piperidine rings is 1. The quantitative estimate of drug-likeness (QED) is 0.652. The first-order chi connectivity index (χ1) is 6.78. The van der Waals surface area contributed by atoms with Gasteiger partial charge in [0.05, 0.1) is 7.11 Å². The van der Waals surface area contributed by atoms with E-state index in [4.69, 9.17) is 0 Å². The van der Waals surface area contributed by atoms with Crippen LogP contribution in [0.25, 0.3) is 0 Å². The van der Waals surface area contributed by atoms with Gasteiger partial charge in [0.25, 0.3) is 0 Å². The van der Waals surface area contributed by atoms with Crippen molar-refractivity contribution >= 4 is 5.91 Å². The van der Waals surface area contributed by atoms with Gasteiger partial charge in [0, 0.05) is 18.5 Å². The van der Waals surface area contributed by atoms with Crippen molar-refractivity contribution in [3.63, 3.8) is 0 Å². The molecule has 0 radical (unpaired) electrons. The van der Waals surface area contributed by atoms with Crippen LogP contribution in [0.2, 0.25) is 0 Å². The van der Waals surface area contributed by atoms with Crippen LogP contribution in [-0.4, -0.2) is 25.1 Å². The van der Waals surface area contributed by atoms with Crippen LogP contribution in [-0.2, 0) is 9.63 Å². The number of carbonyl (C=O) groups excluding carboxylic acids is 1. The van der Waals surface area contributed by atoms with Gasteiger partial charge in [-0.2, -0.15) is 0 Å². The Morgan fingerprint density at radius 1 is 1.43 bits per heavy atom. The molecule has 4 nitrogen and oxygen atoms in total. The molecule has 0 aromatic rings. The minimum absolute atomic E-state index is 0.0128. The maximum absolute atomic E-state index is 11.3. The summed E-state index contributed by atoms with van der Waals surface area (Å²) in [6.45, 7) is 0. The van der Waals surface area contributed by atoms with Crippen molar-refractivity contribution in [3.8, 4) is 0 Å². The monoisotopic (exact) mass is 198 g/mol. The van der Waals surface area contributed by atoms with Crippen LogP contribution in [0, 0.1) is 5.92 Å². The van der Waals surface area contributed by atoms with Gasteiger partial charge in [-0.1, -0.05) is 0 Å². The van der Waals surface area contributed by atoms with Gasteiger partial charge >= 0.3 is 0 Å². The molecule has 0 aromatic carbocycles. The molecule has 2 saturated heterocycles. The zero-order valence-corrected chi connectivity index (χ0v) is 8.58. The molecule has 2 N–H and O–H groups in total. The molecule has 2 rings (SSSR count). The Morgan fingerprint density at radius 2 is 2.07 bits per heavy atom. The van der Waals surface area contributed by atoms with Gasteiger partial charge in [0.1, 0.15) is 0 Å². The predicted molar refractivity (Wildman–Crippen MR) is 52.4 cm³/mol. The van der Waals surface area contributed by atoms with Gasteiger partial charge in [-0.25, -0.2) is 5.48 Å². The van der Waals surface area contributed by atoms with Crippen LogP contribution in [0.5, 0.6) is 0 Å². The van der Waals surface area contributed by atoms with E-state index in [-0.39, 0.29) is 5.91 Å². The molecule has 2 bridgehead atoms. The Bertz CT molecular complexity index is 208. The van der Waals surface area contributed by atoms with E-state index in [9.17, 15) is 4.79 Å². The topological polar surface area (TPSA) is 50.4 Å². The number of hydroxylamine groups is 1. The molecule has 2 unspecified atom stereocenters. The zero-order chi connectivity index (χ0) is 9.97. The Labute approximate surface area is 84.3 Å². The molecular formula is C10H18N2O2. The van der Waals surface area contributed by atoms with Crippen LogP contribution in [0.4, 0.5) is 0 Å². The lowest BCUT2D eigenvalue weighted by atomic mass is 9.89. The van der Waals surface area contributed by atoms with Gasteiger partial charge in [-0.3, -0.25) is 9.63 Å². The number of hydrogen-bond acceptors (Lipinski definition) is 3. The largest absolute Gasteiger partial charge is 0.311 e. The second kappa shape index (κ2) is 4.28. The van der Waals surface area contributed by atoms with Crippen molar-refractivity contribution in [3.05, 3.63) is 0 Å². The summed E-state index contributed by atoms with van der Waals surface area (Å²) in [6, 6.07) is 1.32. The standard InChI is InChI=1S/C10H18N2O2/c1-14-12-10(13)6-7-4-8-2-3-9(5-7)11-8/h7-9,11H,2-6H2,1H3,(H,12,13). The van der Waals surface area contributed by atoms with Crippen LogP contribution in [0.15, 0.2) is 0 Å². The lowest BCUT2D eigenvalue weighted by molar-refractivity contribution is -0.132. The maximum Gasteiger partial charge on any atom is 0.243 e. The molecule has 0 spiro atoms. The summed E-state index contributed by atoms with van der Waals surface area (Å²) in [7, 11) is 1.48. The first-order valence-corrected chi connectivity index (χ1v) is 5.36. The maximum atomic E-state index is 11.3. The van der Waals surface area contributed by atoms with Crippen LogP contribution < -0.4 is 10.8 Å². The second-order valence-corrected chi connectivity index (χ2v) is 4.41. The number of carbonyl (C=O) groups is 1.